The van der Waals surface area contributed by atoms with Crippen molar-refractivity contribution in [1.29, 1.82) is 0 Å². The largest absolute Gasteiger partial charge is 0.490 e. The minimum atomic E-state index is -5.08. The van der Waals surface area contributed by atoms with Crippen molar-refractivity contribution in [2.75, 3.05) is 40.3 Å². The molecule has 0 fully saturated rings. The Morgan fingerprint density at radius 2 is 1.64 bits per heavy atom. The highest BCUT2D eigenvalue weighted by Gasteiger charge is 2.38. The van der Waals surface area contributed by atoms with Crippen LogP contribution in [0.2, 0.25) is 0 Å². The van der Waals surface area contributed by atoms with Crippen LogP contribution in [0, 0.1) is 0 Å². The van der Waals surface area contributed by atoms with E-state index in [1.807, 2.05) is 0 Å². The number of carbonyl (C=O) groups excluding carboxylic acids is 1. The van der Waals surface area contributed by atoms with E-state index in [1.165, 1.54) is 4.31 Å². The lowest BCUT2D eigenvalue weighted by molar-refractivity contribution is -0.192. The summed E-state index contributed by atoms with van der Waals surface area (Å²) in [7, 11) is -0.224. The van der Waals surface area contributed by atoms with Gasteiger partial charge in [0.1, 0.15) is 5.84 Å². The zero-order chi connectivity index (χ0) is 29.2. The molecule has 2 aromatic rings. The molecule has 39 heavy (non-hydrogen) atoms. The van der Waals surface area contributed by atoms with Gasteiger partial charge in [0.25, 0.3) is 0 Å². The van der Waals surface area contributed by atoms with E-state index in [9.17, 15) is 26.4 Å². The molecule has 0 saturated heterocycles. The Morgan fingerprint density at radius 3 is 2.15 bits per heavy atom. The number of halogens is 4. The molecular weight excluding hydrogens is 605 g/mol. The van der Waals surface area contributed by atoms with Gasteiger partial charge in [-0.05, 0) is 42.7 Å². The first-order valence-corrected chi connectivity index (χ1v) is 14.1. The quantitative estimate of drug-likeness (QED) is 0.413. The fourth-order valence-corrected chi connectivity index (χ4v) is 4.87. The zero-order valence-electron chi connectivity index (χ0n) is 21.4. The molecule has 1 amide bonds. The molecular formula is C25H30BrF3N4O5S. The maximum Gasteiger partial charge on any atom is 0.490 e. The Kier molecular flexibility index (Phi) is 11.9. The molecule has 1 aliphatic heterocycles. The second-order valence-electron chi connectivity index (χ2n) is 8.61. The first-order valence-electron chi connectivity index (χ1n) is 11.9. The minimum absolute atomic E-state index is 0.0144. The van der Waals surface area contributed by atoms with Gasteiger partial charge in [-0.3, -0.25) is 9.79 Å². The fourth-order valence-electron chi connectivity index (χ4n) is 3.39. The average Bonchev–Trinajstić information content (AvgIpc) is 3.42. The number of nitrogens with one attached hydrogen (secondary N) is 1. The number of carboxylic acid groups (broad SMARTS) is 1. The molecule has 0 spiro atoms. The summed E-state index contributed by atoms with van der Waals surface area (Å²) < 4.78 is 59.1. The maximum absolute atomic E-state index is 12.6. The SMILES string of the molecule is CN(CCc1ccc(C2=NCCN2)cc1)C(=O)CCCN(C)S(=O)(=O)c1ccc(Br)cc1.O=C(O)C(F)(F)F. The summed E-state index contributed by atoms with van der Waals surface area (Å²) >= 11 is 3.31. The number of hydrogen-bond acceptors (Lipinski definition) is 6. The molecule has 9 nitrogen and oxygen atoms in total. The van der Waals surface area contributed by atoms with Gasteiger partial charge in [0.2, 0.25) is 15.9 Å². The first-order chi connectivity index (χ1) is 18.2. The number of alkyl halides is 3. The van der Waals surface area contributed by atoms with Crippen molar-refractivity contribution in [3.63, 3.8) is 0 Å². The molecule has 0 bridgehead atoms. The molecule has 0 saturated carbocycles. The number of likely N-dealkylation sites (N-methyl/N-ethyl adjacent to an activating group) is 1. The molecule has 1 heterocycles. The van der Waals surface area contributed by atoms with Gasteiger partial charge in [-0.1, -0.05) is 40.2 Å². The lowest BCUT2D eigenvalue weighted by Gasteiger charge is -2.19. The highest BCUT2D eigenvalue weighted by Crippen LogP contribution is 2.18. The van der Waals surface area contributed by atoms with Crippen LogP contribution in [0.15, 0.2) is 62.9 Å². The Labute approximate surface area is 233 Å². The van der Waals surface area contributed by atoms with Gasteiger partial charge in [-0.2, -0.15) is 13.2 Å². The van der Waals surface area contributed by atoms with Crippen molar-refractivity contribution in [2.45, 2.75) is 30.3 Å². The second kappa shape index (κ2) is 14.4. The minimum Gasteiger partial charge on any atom is -0.475 e. The number of amides is 1. The summed E-state index contributed by atoms with van der Waals surface area (Å²) in [5, 5.41) is 10.4. The van der Waals surface area contributed by atoms with Crippen LogP contribution in [0.3, 0.4) is 0 Å². The summed E-state index contributed by atoms with van der Waals surface area (Å²) in [6, 6.07) is 14.8. The van der Waals surface area contributed by atoms with E-state index in [2.05, 4.69) is 50.5 Å². The number of rotatable bonds is 10. The van der Waals surface area contributed by atoms with E-state index < -0.39 is 22.2 Å². The van der Waals surface area contributed by atoms with Crippen molar-refractivity contribution >= 4 is 43.7 Å². The van der Waals surface area contributed by atoms with Crippen LogP contribution in [0.4, 0.5) is 13.2 Å². The van der Waals surface area contributed by atoms with Gasteiger partial charge in [0.05, 0.1) is 11.4 Å². The number of carbonyl (C=O) groups is 2. The number of amidine groups is 1. The summed E-state index contributed by atoms with van der Waals surface area (Å²) in [6.07, 6.45) is -3.54. The third-order valence-electron chi connectivity index (χ3n) is 5.69. The Morgan fingerprint density at radius 1 is 1.05 bits per heavy atom. The molecule has 2 N–H and O–H groups in total. The molecule has 3 rings (SSSR count). The molecule has 0 aromatic heterocycles. The summed E-state index contributed by atoms with van der Waals surface area (Å²) in [6.45, 7) is 2.60. The standard InChI is InChI=1S/C23H29BrN4O3S.C2HF3O2/c1-27(17-13-18-5-7-19(8-6-18)23-25-14-15-26-23)22(29)4-3-16-28(2)32(30,31)21-11-9-20(24)10-12-21;3-2(4,5)1(6)7/h5-12H,3-4,13-17H2,1-2H3,(H,25,26);(H,6,7). The van der Waals surface area contributed by atoms with Crippen LogP contribution in [0.25, 0.3) is 0 Å². The van der Waals surface area contributed by atoms with E-state index in [0.29, 0.717) is 19.4 Å². The Balaban J connectivity index is 0.000000673. The lowest BCUT2D eigenvalue weighted by Crippen LogP contribution is -2.31. The lowest BCUT2D eigenvalue weighted by atomic mass is 10.1. The van der Waals surface area contributed by atoms with E-state index in [1.54, 1.807) is 43.3 Å². The Hall–Kier alpha value is -2.97. The predicted molar refractivity (Wildman–Crippen MR) is 144 cm³/mol. The van der Waals surface area contributed by atoms with Crippen molar-refractivity contribution in [3.05, 3.63) is 64.1 Å². The normalized spacial score (nSPS) is 13.3. The number of benzene rings is 2. The first kappa shape index (κ1) is 32.2. The third kappa shape index (κ3) is 10.3. The van der Waals surface area contributed by atoms with Crippen LogP contribution in [-0.4, -0.2) is 86.9 Å². The molecule has 1 aliphatic rings. The van der Waals surface area contributed by atoms with Crippen molar-refractivity contribution in [2.24, 2.45) is 4.99 Å². The molecule has 0 atom stereocenters. The second-order valence-corrected chi connectivity index (χ2v) is 11.6. The Bertz CT molecular complexity index is 1250. The van der Waals surface area contributed by atoms with Crippen LogP contribution in [-0.2, 0) is 26.0 Å². The van der Waals surface area contributed by atoms with Crippen LogP contribution >= 0.6 is 15.9 Å². The van der Waals surface area contributed by atoms with Crippen molar-refractivity contribution < 1.29 is 36.3 Å². The topological polar surface area (TPSA) is 119 Å². The molecule has 2 aromatic carbocycles. The van der Waals surface area contributed by atoms with Gasteiger partial charge in [0.15, 0.2) is 0 Å². The van der Waals surface area contributed by atoms with Crippen molar-refractivity contribution in [3.8, 4) is 0 Å². The molecule has 0 aliphatic carbocycles. The van der Waals surface area contributed by atoms with Crippen LogP contribution < -0.4 is 5.32 Å². The van der Waals surface area contributed by atoms with Gasteiger partial charge in [0, 0.05) is 50.2 Å². The number of carboxylic acids is 1. The molecule has 214 valence electrons. The number of sulfonamides is 1. The maximum atomic E-state index is 12.6. The summed E-state index contributed by atoms with van der Waals surface area (Å²) in [4.78, 5) is 27.7. The van der Waals surface area contributed by atoms with Crippen LogP contribution in [0.5, 0.6) is 0 Å². The average molecular weight is 636 g/mol. The molecule has 14 heteroatoms. The van der Waals surface area contributed by atoms with E-state index >= 15 is 0 Å². The van der Waals surface area contributed by atoms with Crippen molar-refractivity contribution in [1.82, 2.24) is 14.5 Å². The van der Waals surface area contributed by atoms with Gasteiger partial charge < -0.3 is 15.3 Å². The van der Waals surface area contributed by atoms with Gasteiger partial charge in [-0.15, -0.1) is 0 Å². The molecule has 0 unspecified atom stereocenters. The number of aliphatic carboxylic acids is 1. The third-order valence-corrected chi connectivity index (χ3v) is 8.09. The predicted octanol–water partition coefficient (Wildman–Crippen LogP) is 3.53. The highest BCUT2D eigenvalue weighted by atomic mass is 79.9. The summed E-state index contributed by atoms with van der Waals surface area (Å²) in [5.74, 6) is -1.80. The summed E-state index contributed by atoms with van der Waals surface area (Å²) in [5.41, 5.74) is 2.24. The molecule has 0 radical (unpaired) electrons. The zero-order valence-corrected chi connectivity index (χ0v) is 23.8. The van der Waals surface area contributed by atoms with Crippen LogP contribution in [0.1, 0.15) is 24.0 Å². The smallest absolute Gasteiger partial charge is 0.475 e. The van der Waals surface area contributed by atoms with E-state index in [0.717, 1.165) is 40.9 Å². The number of aliphatic imine (C=N–C) groups is 1. The number of hydrogen-bond donors (Lipinski definition) is 2. The van der Waals surface area contributed by atoms with E-state index in [4.69, 9.17) is 9.90 Å². The fraction of sp³-hybridized carbons (Fsp3) is 0.400. The van der Waals surface area contributed by atoms with Gasteiger partial charge in [-0.25, -0.2) is 17.5 Å². The number of nitrogens with zero attached hydrogens (tertiary/aromatic N) is 3. The monoisotopic (exact) mass is 634 g/mol. The van der Waals surface area contributed by atoms with Gasteiger partial charge >= 0.3 is 12.1 Å². The highest BCUT2D eigenvalue weighted by molar-refractivity contribution is 9.10. The van der Waals surface area contributed by atoms with E-state index in [-0.39, 0.29) is 17.3 Å².